The van der Waals surface area contributed by atoms with Gasteiger partial charge in [0.1, 0.15) is 11.5 Å². The predicted octanol–water partition coefficient (Wildman–Crippen LogP) is 2.71. The summed E-state index contributed by atoms with van der Waals surface area (Å²) >= 11 is 5.99. The highest BCUT2D eigenvalue weighted by Gasteiger charge is 2.36. The molecule has 0 bridgehead atoms. The highest BCUT2D eigenvalue weighted by Crippen LogP contribution is 2.31. The van der Waals surface area contributed by atoms with Crippen molar-refractivity contribution in [2.45, 2.75) is 51.2 Å². The quantitative estimate of drug-likeness (QED) is 0.483. The van der Waals surface area contributed by atoms with Crippen LogP contribution in [0.5, 0.6) is 0 Å². The van der Waals surface area contributed by atoms with Gasteiger partial charge in [-0.2, -0.15) is 0 Å². The molecule has 1 aliphatic carbocycles. The molecule has 0 unspecified atom stereocenters. The number of benzene rings is 1. The number of primary amides is 1. The number of nitrogens with zero attached hydrogens (tertiary/aromatic N) is 2. The predicted molar refractivity (Wildman–Crippen MR) is 120 cm³/mol. The molecular formula is C22H27ClFN5O4. The molecule has 1 heterocycles. The molecular weight excluding hydrogens is 453 g/mol. The second kappa shape index (κ2) is 9.88. The van der Waals surface area contributed by atoms with E-state index in [1.54, 1.807) is 13.8 Å². The first-order valence-electron chi connectivity index (χ1n) is 10.6. The van der Waals surface area contributed by atoms with E-state index in [2.05, 4.69) is 15.3 Å². The Morgan fingerprint density at radius 1 is 1.30 bits per heavy atom. The number of nitrogens with one attached hydrogen (secondary N) is 2. The second-order valence-corrected chi connectivity index (χ2v) is 9.26. The lowest BCUT2D eigenvalue weighted by molar-refractivity contribution is -0.121. The van der Waals surface area contributed by atoms with Crippen molar-refractivity contribution in [1.82, 2.24) is 14.9 Å². The van der Waals surface area contributed by atoms with Gasteiger partial charge in [0.2, 0.25) is 5.91 Å². The molecule has 1 saturated carbocycles. The van der Waals surface area contributed by atoms with E-state index in [9.17, 15) is 23.9 Å². The third-order valence-corrected chi connectivity index (χ3v) is 5.92. The Kier molecular flexibility index (Phi) is 7.38. The zero-order valence-electron chi connectivity index (χ0n) is 18.4. The number of hydrogen-bond acceptors (Lipinski definition) is 5. The maximum atomic E-state index is 13.2. The van der Waals surface area contributed by atoms with Crippen LogP contribution in [0, 0.1) is 11.7 Å². The summed E-state index contributed by atoms with van der Waals surface area (Å²) in [6, 6.07) is 3.49. The Labute approximate surface area is 195 Å². The van der Waals surface area contributed by atoms with Gasteiger partial charge in [-0.25, -0.2) is 9.37 Å². The van der Waals surface area contributed by atoms with Crippen molar-refractivity contribution < 1.29 is 23.9 Å². The fourth-order valence-electron chi connectivity index (χ4n) is 4.04. The molecule has 5 N–H and O–H groups in total. The molecule has 0 aliphatic heterocycles. The van der Waals surface area contributed by atoms with Gasteiger partial charge in [-0.15, -0.1) is 0 Å². The Morgan fingerprint density at radius 3 is 2.55 bits per heavy atom. The molecule has 3 amide bonds. The molecule has 0 spiro atoms. The number of carbonyl (C=O) groups is 3. The molecule has 0 saturated heterocycles. The van der Waals surface area contributed by atoms with Crippen molar-refractivity contribution in [3.8, 4) is 0 Å². The lowest BCUT2D eigenvalue weighted by Gasteiger charge is -2.39. The minimum Gasteiger partial charge on any atom is -0.389 e. The number of aliphatic hydroxyl groups is 1. The third-order valence-electron chi connectivity index (χ3n) is 5.60. The van der Waals surface area contributed by atoms with E-state index in [4.69, 9.17) is 17.3 Å². The van der Waals surface area contributed by atoms with Crippen LogP contribution in [0.25, 0.3) is 0 Å². The van der Waals surface area contributed by atoms with Gasteiger partial charge in [-0.1, -0.05) is 11.6 Å². The van der Waals surface area contributed by atoms with E-state index >= 15 is 0 Å². The van der Waals surface area contributed by atoms with Crippen LogP contribution in [0.15, 0.2) is 24.5 Å². The molecule has 33 heavy (non-hydrogen) atoms. The zero-order valence-corrected chi connectivity index (χ0v) is 19.2. The van der Waals surface area contributed by atoms with Crippen LogP contribution in [-0.2, 0) is 4.79 Å². The Hall–Kier alpha value is -2.98. The van der Waals surface area contributed by atoms with Crippen LogP contribution in [0.3, 0.4) is 0 Å². The monoisotopic (exact) mass is 479 g/mol. The Bertz CT molecular complexity index is 1040. The Balaban J connectivity index is 1.70. The average molecular weight is 480 g/mol. The highest BCUT2D eigenvalue weighted by atomic mass is 35.5. The number of halogens is 2. The number of imidazole rings is 1. The molecule has 1 aliphatic rings. The summed E-state index contributed by atoms with van der Waals surface area (Å²) in [5, 5.41) is 13.2. The molecule has 0 atom stereocenters. The number of anilines is 1. The van der Waals surface area contributed by atoms with Gasteiger partial charge in [0.15, 0.2) is 5.69 Å². The summed E-state index contributed by atoms with van der Waals surface area (Å²) in [5.41, 5.74) is 4.29. The molecule has 178 valence electrons. The lowest BCUT2D eigenvalue weighted by Crippen LogP contribution is -2.50. The van der Waals surface area contributed by atoms with E-state index in [-0.39, 0.29) is 40.8 Å². The maximum Gasteiger partial charge on any atom is 0.275 e. The summed E-state index contributed by atoms with van der Waals surface area (Å²) in [6.45, 7) is 3.18. The number of aromatic nitrogens is 2. The number of amides is 3. The van der Waals surface area contributed by atoms with Crippen LogP contribution in [0.2, 0.25) is 5.02 Å². The SMILES string of the molecule is CC(C)(O)CN(C(=O)c1nc[nH]c1C(N)=O)[C@H]1CC[C@H](C(=O)Nc2ccc(F)cc2Cl)CC1. The summed E-state index contributed by atoms with van der Waals surface area (Å²) in [4.78, 5) is 45.6. The van der Waals surface area contributed by atoms with Gasteiger partial charge in [-0.3, -0.25) is 14.4 Å². The molecule has 1 aromatic heterocycles. The summed E-state index contributed by atoms with van der Waals surface area (Å²) in [5.74, 6) is -2.36. The molecule has 1 fully saturated rings. The van der Waals surface area contributed by atoms with E-state index in [0.29, 0.717) is 31.4 Å². The van der Waals surface area contributed by atoms with Crippen LogP contribution < -0.4 is 11.1 Å². The Morgan fingerprint density at radius 2 is 1.97 bits per heavy atom. The number of aromatic amines is 1. The minimum absolute atomic E-state index is 0.0175. The minimum atomic E-state index is -1.19. The molecule has 11 heteroatoms. The van der Waals surface area contributed by atoms with Crippen LogP contribution in [-0.4, -0.2) is 55.9 Å². The summed E-state index contributed by atoms with van der Waals surface area (Å²) < 4.78 is 13.2. The van der Waals surface area contributed by atoms with Gasteiger partial charge in [-0.05, 0) is 57.7 Å². The van der Waals surface area contributed by atoms with Gasteiger partial charge >= 0.3 is 0 Å². The first-order valence-corrected chi connectivity index (χ1v) is 11.0. The largest absolute Gasteiger partial charge is 0.389 e. The molecule has 3 rings (SSSR count). The smallest absolute Gasteiger partial charge is 0.275 e. The number of nitrogens with two attached hydrogens (primary N) is 1. The van der Waals surface area contributed by atoms with Crippen molar-refractivity contribution in [3.05, 3.63) is 46.8 Å². The van der Waals surface area contributed by atoms with Crippen LogP contribution in [0.1, 0.15) is 60.5 Å². The van der Waals surface area contributed by atoms with E-state index in [0.717, 1.165) is 6.07 Å². The standard InChI is InChI=1S/C22H27ClFN5O4/c1-22(2,33)10-29(21(32)18-17(19(25)30)26-11-27-18)14-6-3-12(4-7-14)20(31)28-16-8-5-13(24)9-15(16)23/h5,8-9,11-12,14,33H,3-4,6-7,10H2,1-2H3,(H2,25,30)(H,26,27)(H,28,31)/t12-,14-. The number of H-pyrrole nitrogens is 1. The summed E-state index contributed by atoms with van der Waals surface area (Å²) in [7, 11) is 0. The fourth-order valence-corrected chi connectivity index (χ4v) is 4.25. The number of rotatable bonds is 7. The van der Waals surface area contributed by atoms with Gasteiger partial charge < -0.3 is 26.0 Å². The highest BCUT2D eigenvalue weighted by molar-refractivity contribution is 6.33. The fraction of sp³-hybridized carbons (Fsp3) is 0.455. The van der Waals surface area contributed by atoms with E-state index in [1.165, 1.54) is 23.4 Å². The summed E-state index contributed by atoms with van der Waals surface area (Å²) in [6.07, 6.45) is 3.22. The zero-order chi connectivity index (χ0) is 24.3. The van der Waals surface area contributed by atoms with Crippen molar-refractivity contribution >= 4 is 35.0 Å². The molecule has 0 radical (unpaired) electrons. The first kappa shape index (κ1) is 24.7. The number of hydrogen-bond donors (Lipinski definition) is 4. The van der Waals surface area contributed by atoms with E-state index in [1.807, 2.05) is 0 Å². The molecule has 9 nitrogen and oxygen atoms in total. The maximum absolute atomic E-state index is 13.2. The number of carbonyl (C=O) groups excluding carboxylic acids is 3. The second-order valence-electron chi connectivity index (χ2n) is 8.85. The first-order chi connectivity index (χ1) is 15.5. The van der Waals surface area contributed by atoms with Crippen molar-refractivity contribution in [2.75, 3.05) is 11.9 Å². The van der Waals surface area contributed by atoms with Crippen molar-refractivity contribution in [3.63, 3.8) is 0 Å². The van der Waals surface area contributed by atoms with E-state index < -0.39 is 23.2 Å². The van der Waals surface area contributed by atoms with Gasteiger partial charge in [0.05, 0.1) is 22.6 Å². The van der Waals surface area contributed by atoms with Crippen molar-refractivity contribution in [1.29, 1.82) is 0 Å². The van der Waals surface area contributed by atoms with Crippen LogP contribution >= 0.6 is 11.6 Å². The normalized spacial score (nSPS) is 18.6. The average Bonchev–Trinajstić information content (AvgIpc) is 3.23. The molecule has 2 aromatic rings. The topological polar surface area (TPSA) is 141 Å². The van der Waals surface area contributed by atoms with Crippen molar-refractivity contribution in [2.24, 2.45) is 11.7 Å². The van der Waals surface area contributed by atoms with Gasteiger partial charge in [0, 0.05) is 18.5 Å². The van der Waals surface area contributed by atoms with Gasteiger partial charge in [0.25, 0.3) is 11.8 Å². The third kappa shape index (κ3) is 6.08. The molecule has 1 aromatic carbocycles. The van der Waals surface area contributed by atoms with Crippen LogP contribution in [0.4, 0.5) is 10.1 Å². The lowest BCUT2D eigenvalue weighted by atomic mass is 9.84.